The molecule has 0 bridgehead atoms. The third-order valence-corrected chi connectivity index (χ3v) is 6.84. The third kappa shape index (κ3) is 4.78. The first kappa shape index (κ1) is 23.1. The first-order chi connectivity index (χ1) is 16.9. The van der Waals surface area contributed by atoms with Crippen molar-refractivity contribution in [3.8, 4) is 22.1 Å². The SMILES string of the molecule is COc1ccc(-c2csc(-n3nc(C)cc3NC(=O)C3CC(=O)N(c4ccc(Cl)cc4)C3)n2)cc1. The molecule has 1 aliphatic heterocycles. The van der Waals surface area contributed by atoms with E-state index in [-0.39, 0.29) is 18.2 Å². The Balaban J connectivity index is 1.32. The number of thiazole rings is 1. The smallest absolute Gasteiger partial charge is 0.230 e. The second-order valence-corrected chi connectivity index (χ2v) is 9.47. The number of carbonyl (C=O) groups excluding carboxylic acids is 2. The average molecular weight is 508 g/mol. The van der Waals surface area contributed by atoms with Crippen molar-refractivity contribution in [1.82, 2.24) is 14.8 Å². The number of benzene rings is 2. The molecule has 0 radical (unpaired) electrons. The van der Waals surface area contributed by atoms with Gasteiger partial charge in [0.1, 0.15) is 11.6 Å². The van der Waals surface area contributed by atoms with Crippen molar-refractivity contribution in [2.75, 3.05) is 23.9 Å². The van der Waals surface area contributed by atoms with Crippen molar-refractivity contribution in [3.63, 3.8) is 0 Å². The van der Waals surface area contributed by atoms with Gasteiger partial charge < -0.3 is 15.0 Å². The van der Waals surface area contributed by atoms with Gasteiger partial charge >= 0.3 is 0 Å². The molecule has 5 rings (SSSR count). The van der Waals surface area contributed by atoms with E-state index in [0.29, 0.717) is 22.5 Å². The molecule has 1 fully saturated rings. The lowest BCUT2D eigenvalue weighted by molar-refractivity contribution is -0.122. The van der Waals surface area contributed by atoms with E-state index >= 15 is 0 Å². The highest BCUT2D eigenvalue weighted by Gasteiger charge is 2.35. The van der Waals surface area contributed by atoms with Gasteiger partial charge in [0.25, 0.3) is 0 Å². The van der Waals surface area contributed by atoms with Crippen LogP contribution >= 0.6 is 22.9 Å². The summed E-state index contributed by atoms with van der Waals surface area (Å²) >= 11 is 7.38. The van der Waals surface area contributed by atoms with Crippen molar-refractivity contribution >= 4 is 46.3 Å². The van der Waals surface area contributed by atoms with E-state index in [1.54, 1.807) is 47.0 Å². The van der Waals surface area contributed by atoms with Gasteiger partial charge in [-0.25, -0.2) is 4.98 Å². The monoisotopic (exact) mass is 507 g/mol. The van der Waals surface area contributed by atoms with Crippen molar-refractivity contribution in [3.05, 3.63) is 70.7 Å². The highest BCUT2D eigenvalue weighted by Crippen LogP contribution is 2.30. The summed E-state index contributed by atoms with van der Waals surface area (Å²) in [6.45, 7) is 2.16. The number of nitrogens with zero attached hydrogens (tertiary/aromatic N) is 4. The van der Waals surface area contributed by atoms with E-state index in [2.05, 4.69) is 10.4 Å². The summed E-state index contributed by atoms with van der Waals surface area (Å²) < 4.78 is 6.84. The van der Waals surface area contributed by atoms with Crippen LogP contribution in [0.15, 0.2) is 60.0 Å². The maximum atomic E-state index is 13.1. The van der Waals surface area contributed by atoms with E-state index in [0.717, 1.165) is 28.4 Å². The number of amides is 2. The summed E-state index contributed by atoms with van der Waals surface area (Å²) in [5, 5.41) is 10.6. The van der Waals surface area contributed by atoms with Gasteiger partial charge in [-0.2, -0.15) is 9.78 Å². The van der Waals surface area contributed by atoms with Crippen molar-refractivity contribution in [2.45, 2.75) is 13.3 Å². The van der Waals surface area contributed by atoms with Crippen molar-refractivity contribution < 1.29 is 14.3 Å². The van der Waals surface area contributed by atoms with Crippen molar-refractivity contribution in [2.24, 2.45) is 5.92 Å². The van der Waals surface area contributed by atoms with Crippen LogP contribution in [0.1, 0.15) is 12.1 Å². The fourth-order valence-corrected chi connectivity index (χ4v) is 4.89. The predicted molar refractivity (Wildman–Crippen MR) is 137 cm³/mol. The molecule has 3 heterocycles. The molecule has 1 atom stereocenters. The molecule has 4 aromatic rings. The number of halogens is 1. The molecular formula is C25H22ClN5O3S. The quantitative estimate of drug-likeness (QED) is 0.398. The van der Waals surface area contributed by atoms with E-state index in [9.17, 15) is 9.59 Å². The highest BCUT2D eigenvalue weighted by molar-refractivity contribution is 7.12. The lowest BCUT2D eigenvalue weighted by atomic mass is 10.1. The number of aromatic nitrogens is 3. The molecule has 2 amide bonds. The highest BCUT2D eigenvalue weighted by atomic mass is 35.5. The Hall–Kier alpha value is -3.69. The number of carbonyl (C=O) groups is 2. The lowest BCUT2D eigenvalue weighted by Gasteiger charge is -2.16. The minimum atomic E-state index is -0.479. The molecule has 1 aliphatic rings. The number of methoxy groups -OCH3 is 1. The van der Waals surface area contributed by atoms with Crippen LogP contribution < -0.4 is 15.0 Å². The summed E-state index contributed by atoms with van der Waals surface area (Å²) in [7, 11) is 1.63. The van der Waals surface area contributed by atoms with E-state index < -0.39 is 5.92 Å². The number of nitrogens with one attached hydrogen (secondary N) is 1. The second-order valence-electron chi connectivity index (χ2n) is 8.20. The molecule has 10 heteroatoms. The summed E-state index contributed by atoms with van der Waals surface area (Å²) in [6, 6.07) is 16.5. The molecule has 178 valence electrons. The van der Waals surface area contributed by atoms with Crippen LogP contribution in [0, 0.1) is 12.8 Å². The number of hydrogen-bond donors (Lipinski definition) is 1. The van der Waals surface area contributed by atoms with Crippen molar-refractivity contribution in [1.29, 1.82) is 0 Å². The van der Waals surface area contributed by atoms with E-state index in [1.807, 2.05) is 36.6 Å². The zero-order chi connectivity index (χ0) is 24.5. The summed E-state index contributed by atoms with van der Waals surface area (Å²) in [6.07, 6.45) is 0.139. The molecule has 2 aromatic heterocycles. The fourth-order valence-electron chi connectivity index (χ4n) is 3.97. The lowest BCUT2D eigenvalue weighted by Crippen LogP contribution is -2.28. The van der Waals surface area contributed by atoms with Crippen LogP contribution in [0.2, 0.25) is 5.02 Å². The van der Waals surface area contributed by atoms with Crippen LogP contribution in [-0.2, 0) is 9.59 Å². The second kappa shape index (κ2) is 9.52. The normalized spacial score (nSPS) is 15.5. The van der Waals surface area contributed by atoms with Gasteiger partial charge in [0.15, 0.2) is 0 Å². The van der Waals surface area contributed by atoms with Gasteiger partial charge in [-0.15, -0.1) is 11.3 Å². The van der Waals surface area contributed by atoms with E-state index in [4.69, 9.17) is 21.3 Å². The molecule has 2 aromatic carbocycles. The van der Waals surface area contributed by atoms with Crippen LogP contribution in [0.5, 0.6) is 5.75 Å². The minimum absolute atomic E-state index is 0.0961. The maximum absolute atomic E-state index is 13.1. The third-order valence-electron chi connectivity index (χ3n) is 5.78. The molecule has 0 saturated carbocycles. The zero-order valence-electron chi connectivity index (χ0n) is 19.1. The van der Waals surface area contributed by atoms with Crippen LogP contribution in [0.25, 0.3) is 16.4 Å². The predicted octanol–water partition coefficient (Wildman–Crippen LogP) is 4.96. The van der Waals surface area contributed by atoms with E-state index in [1.165, 1.54) is 11.3 Å². The van der Waals surface area contributed by atoms with Gasteiger partial charge in [-0.1, -0.05) is 11.6 Å². The van der Waals surface area contributed by atoms with Crippen LogP contribution in [0.3, 0.4) is 0 Å². The fraction of sp³-hybridized carbons (Fsp3) is 0.200. The Morgan fingerprint density at radius 2 is 1.91 bits per heavy atom. The summed E-state index contributed by atoms with van der Waals surface area (Å²) in [5.41, 5.74) is 3.23. The molecule has 8 nitrogen and oxygen atoms in total. The maximum Gasteiger partial charge on any atom is 0.230 e. The van der Waals surface area contributed by atoms with Gasteiger partial charge in [-0.3, -0.25) is 9.59 Å². The Labute approximate surface area is 211 Å². The standard InChI is InChI=1S/C25H22ClN5O3S/c1-15-11-22(28-24(33)17-12-23(32)30(13-17)19-7-5-18(26)6-8-19)31(29-15)25-27-21(14-35-25)16-3-9-20(34-2)10-4-16/h3-11,14,17H,12-13H2,1-2H3,(H,28,33). The number of anilines is 2. The Morgan fingerprint density at radius 3 is 2.63 bits per heavy atom. The van der Waals surface area contributed by atoms with Crippen LogP contribution in [0.4, 0.5) is 11.5 Å². The van der Waals surface area contributed by atoms with Gasteiger partial charge in [0, 0.05) is 40.7 Å². The molecular weight excluding hydrogens is 486 g/mol. The topological polar surface area (TPSA) is 89.3 Å². The summed E-state index contributed by atoms with van der Waals surface area (Å²) in [5.74, 6) is 0.481. The number of aryl methyl sites for hydroxylation is 1. The molecule has 1 N–H and O–H groups in total. The van der Waals surface area contributed by atoms with Gasteiger partial charge in [0.05, 0.1) is 24.4 Å². The first-order valence-electron chi connectivity index (χ1n) is 10.9. The molecule has 1 unspecified atom stereocenters. The Bertz CT molecular complexity index is 1380. The Kier molecular flexibility index (Phi) is 6.27. The number of hydrogen-bond acceptors (Lipinski definition) is 6. The first-order valence-corrected chi connectivity index (χ1v) is 12.2. The number of rotatable bonds is 6. The number of ether oxygens (including phenoxy) is 1. The minimum Gasteiger partial charge on any atom is -0.497 e. The van der Waals surface area contributed by atoms with Gasteiger partial charge in [0.2, 0.25) is 16.9 Å². The molecule has 1 saturated heterocycles. The van der Waals surface area contributed by atoms with Crippen LogP contribution in [-0.4, -0.2) is 40.2 Å². The Morgan fingerprint density at radius 1 is 1.17 bits per heavy atom. The van der Waals surface area contributed by atoms with Gasteiger partial charge in [-0.05, 0) is 55.5 Å². The average Bonchev–Trinajstić information content (AvgIpc) is 3.58. The molecule has 0 aliphatic carbocycles. The summed E-state index contributed by atoms with van der Waals surface area (Å²) in [4.78, 5) is 32.0. The molecule has 0 spiro atoms. The largest absolute Gasteiger partial charge is 0.497 e. The zero-order valence-corrected chi connectivity index (χ0v) is 20.6. The molecule has 35 heavy (non-hydrogen) atoms.